The molecule has 2 aromatic rings. The summed E-state index contributed by atoms with van der Waals surface area (Å²) in [5.74, 6) is -3.66. The third kappa shape index (κ3) is 3.50. The summed E-state index contributed by atoms with van der Waals surface area (Å²) in [6.07, 6.45) is -1.50. The van der Waals surface area contributed by atoms with Gasteiger partial charge >= 0.3 is 12.0 Å². The van der Waals surface area contributed by atoms with E-state index in [4.69, 9.17) is 4.74 Å². The van der Waals surface area contributed by atoms with Gasteiger partial charge in [0.25, 0.3) is 11.7 Å². The van der Waals surface area contributed by atoms with E-state index >= 15 is 0 Å². The van der Waals surface area contributed by atoms with Crippen molar-refractivity contribution in [3.8, 4) is 0 Å². The summed E-state index contributed by atoms with van der Waals surface area (Å²) in [6, 6.07) is 9.66. The number of ether oxygens (including phenoxy) is 1. The van der Waals surface area contributed by atoms with Crippen LogP contribution in [-0.2, 0) is 14.3 Å². The van der Waals surface area contributed by atoms with Crippen molar-refractivity contribution in [1.29, 1.82) is 0 Å². The van der Waals surface area contributed by atoms with Crippen molar-refractivity contribution in [3.63, 3.8) is 0 Å². The number of carbonyl (C=O) groups is 4. The smallest absolute Gasteiger partial charge is 0.339 e. The molecule has 28 heavy (non-hydrogen) atoms. The van der Waals surface area contributed by atoms with Crippen molar-refractivity contribution < 1.29 is 28.8 Å². The van der Waals surface area contributed by atoms with E-state index in [1.165, 1.54) is 43.3 Å². The molecule has 3 rings (SSSR count). The van der Waals surface area contributed by atoms with E-state index in [0.29, 0.717) is 5.56 Å². The van der Waals surface area contributed by atoms with Gasteiger partial charge in [0, 0.05) is 21.7 Å². The van der Waals surface area contributed by atoms with Crippen molar-refractivity contribution in [2.75, 3.05) is 5.32 Å². The lowest BCUT2D eigenvalue weighted by atomic mass is 9.97. The zero-order valence-corrected chi connectivity index (χ0v) is 14.6. The maximum absolute atomic E-state index is 12.5. The number of cyclic esters (lactones) is 1. The van der Waals surface area contributed by atoms with Crippen molar-refractivity contribution in [2.24, 2.45) is 0 Å². The van der Waals surface area contributed by atoms with Crippen LogP contribution in [0.2, 0.25) is 0 Å². The molecule has 0 saturated heterocycles. The number of fused-ring (bicyclic) bond motifs is 1. The Kier molecular flexibility index (Phi) is 4.99. The second-order valence-corrected chi connectivity index (χ2v) is 6.10. The molecule has 2 aromatic carbocycles. The Balaban J connectivity index is 1.85. The van der Waals surface area contributed by atoms with Crippen LogP contribution in [0.15, 0.2) is 48.5 Å². The Morgan fingerprint density at radius 3 is 2.54 bits per heavy atom. The van der Waals surface area contributed by atoms with E-state index in [1.54, 1.807) is 12.1 Å². The molecule has 142 valence electrons. The molecule has 0 unspecified atom stereocenters. The number of amides is 1. The summed E-state index contributed by atoms with van der Waals surface area (Å²) in [4.78, 5) is 58.7. The maximum Gasteiger partial charge on any atom is 0.339 e. The summed E-state index contributed by atoms with van der Waals surface area (Å²) in [5, 5.41) is 13.8. The topological polar surface area (TPSA) is 133 Å². The summed E-state index contributed by atoms with van der Waals surface area (Å²) in [6.45, 7) is 1.33. The van der Waals surface area contributed by atoms with Gasteiger partial charge in [-0.3, -0.25) is 24.5 Å². The molecule has 9 nitrogen and oxygen atoms in total. The molecular weight excluding hydrogens is 368 g/mol. The number of carbonyl (C=O) groups excluding carboxylic acids is 4. The number of nitrogens with zero attached hydrogens (tertiary/aromatic N) is 1. The first kappa shape index (κ1) is 18.9. The average molecular weight is 382 g/mol. The van der Waals surface area contributed by atoms with Gasteiger partial charge in [0.05, 0.1) is 5.56 Å². The van der Waals surface area contributed by atoms with E-state index in [0.717, 1.165) is 0 Å². The predicted octanol–water partition coefficient (Wildman–Crippen LogP) is 1.95. The number of nitrogens with one attached hydrogen (secondary N) is 1. The first-order chi connectivity index (χ1) is 13.3. The van der Waals surface area contributed by atoms with Crippen molar-refractivity contribution in [2.45, 2.75) is 19.1 Å². The zero-order chi connectivity index (χ0) is 20.4. The van der Waals surface area contributed by atoms with E-state index in [1.807, 2.05) is 0 Å². The molecule has 1 amide bonds. The lowest BCUT2D eigenvalue weighted by Crippen LogP contribution is -2.42. The molecule has 1 aliphatic heterocycles. The van der Waals surface area contributed by atoms with Crippen LogP contribution in [0.4, 0.5) is 5.69 Å². The molecule has 0 saturated carbocycles. The number of Topliss-reactive ketones (excluding diaryl/α,β-unsaturated/α-hetero) is 2. The third-order valence-corrected chi connectivity index (χ3v) is 4.25. The Morgan fingerprint density at radius 2 is 1.86 bits per heavy atom. The summed E-state index contributed by atoms with van der Waals surface area (Å²) < 4.78 is 5.00. The molecule has 0 aliphatic carbocycles. The standard InChI is InChI=1S/C19H14N2O7/c1-10(22)11-5-4-6-12(9-11)20-18(24)16(23)15(21(26)27)17-13-7-2-3-8-14(13)19(25)28-17/h2-9,15,17H,1H3,(H,20,24)/t15-,17-/m0/s1. The fourth-order valence-electron chi connectivity index (χ4n) is 2.89. The number of hydrogen-bond acceptors (Lipinski definition) is 7. The highest BCUT2D eigenvalue weighted by Gasteiger charge is 2.49. The quantitative estimate of drug-likeness (QED) is 0.265. The van der Waals surface area contributed by atoms with E-state index in [-0.39, 0.29) is 22.6 Å². The van der Waals surface area contributed by atoms with Gasteiger partial charge in [-0.05, 0) is 25.1 Å². The molecule has 1 heterocycles. The lowest BCUT2D eigenvalue weighted by Gasteiger charge is -2.15. The van der Waals surface area contributed by atoms with E-state index in [2.05, 4.69) is 5.32 Å². The highest BCUT2D eigenvalue weighted by atomic mass is 16.6. The third-order valence-electron chi connectivity index (χ3n) is 4.25. The molecule has 0 aromatic heterocycles. The minimum atomic E-state index is -2.09. The van der Waals surface area contributed by atoms with Crippen LogP contribution in [0.1, 0.15) is 39.3 Å². The number of anilines is 1. The van der Waals surface area contributed by atoms with Crippen LogP contribution in [0.5, 0.6) is 0 Å². The van der Waals surface area contributed by atoms with Crippen LogP contribution in [-0.4, -0.2) is 34.4 Å². The molecule has 9 heteroatoms. The molecular formula is C19H14N2O7. The molecule has 2 atom stereocenters. The van der Waals surface area contributed by atoms with Gasteiger partial charge in [0.15, 0.2) is 5.78 Å². The van der Waals surface area contributed by atoms with Crippen LogP contribution in [0.3, 0.4) is 0 Å². The monoisotopic (exact) mass is 382 g/mol. The van der Waals surface area contributed by atoms with Crippen LogP contribution in [0, 0.1) is 10.1 Å². The first-order valence-electron chi connectivity index (χ1n) is 8.19. The number of nitro groups is 1. The lowest BCUT2D eigenvalue weighted by molar-refractivity contribution is -0.518. The number of esters is 1. The minimum absolute atomic E-state index is 0.113. The van der Waals surface area contributed by atoms with Gasteiger partial charge in [-0.2, -0.15) is 0 Å². The zero-order valence-electron chi connectivity index (χ0n) is 14.6. The summed E-state index contributed by atoms with van der Waals surface area (Å²) in [5.41, 5.74) is 0.724. The Hall–Kier alpha value is -3.88. The molecule has 0 bridgehead atoms. The van der Waals surface area contributed by atoms with Crippen molar-refractivity contribution in [3.05, 3.63) is 75.3 Å². The highest BCUT2D eigenvalue weighted by Crippen LogP contribution is 2.34. The van der Waals surface area contributed by atoms with Gasteiger partial charge in [-0.1, -0.05) is 30.3 Å². The Morgan fingerprint density at radius 1 is 1.14 bits per heavy atom. The van der Waals surface area contributed by atoms with E-state index < -0.39 is 34.7 Å². The number of ketones is 2. The van der Waals surface area contributed by atoms with Gasteiger partial charge in [0.2, 0.25) is 6.10 Å². The molecule has 1 N–H and O–H groups in total. The number of hydrogen-bond donors (Lipinski definition) is 1. The second-order valence-electron chi connectivity index (χ2n) is 6.10. The largest absolute Gasteiger partial charge is 0.446 e. The summed E-state index contributed by atoms with van der Waals surface area (Å²) >= 11 is 0. The molecule has 1 aliphatic rings. The predicted molar refractivity (Wildman–Crippen MR) is 95.5 cm³/mol. The van der Waals surface area contributed by atoms with Crippen LogP contribution in [0.25, 0.3) is 0 Å². The Labute approximate surface area is 158 Å². The minimum Gasteiger partial charge on any atom is -0.446 e. The molecule has 0 fully saturated rings. The summed E-state index contributed by atoms with van der Waals surface area (Å²) in [7, 11) is 0. The SMILES string of the molecule is CC(=O)c1cccc(NC(=O)C(=O)[C@@H]([C@H]2OC(=O)c3ccccc32)[N+](=O)[O-])c1. The van der Waals surface area contributed by atoms with Crippen molar-refractivity contribution >= 4 is 29.1 Å². The van der Waals surface area contributed by atoms with E-state index in [9.17, 15) is 29.3 Å². The van der Waals surface area contributed by atoms with Gasteiger partial charge < -0.3 is 10.1 Å². The fourth-order valence-corrected chi connectivity index (χ4v) is 2.89. The molecule has 0 spiro atoms. The number of benzene rings is 2. The van der Waals surface area contributed by atoms with Gasteiger partial charge in [0.1, 0.15) is 0 Å². The Bertz CT molecular complexity index is 1010. The second kappa shape index (κ2) is 7.39. The van der Waals surface area contributed by atoms with Crippen molar-refractivity contribution in [1.82, 2.24) is 0 Å². The highest BCUT2D eigenvalue weighted by molar-refractivity contribution is 6.42. The van der Waals surface area contributed by atoms with Crippen LogP contribution < -0.4 is 5.32 Å². The fraction of sp³-hybridized carbons (Fsp3) is 0.158. The molecule has 0 radical (unpaired) electrons. The maximum atomic E-state index is 12.5. The number of rotatable bonds is 6. The van der Waals surface area contributed by atoms with Gasteiger partial charge in [-0.15, -0.1) is 0 Å². The van der Waals surface area contributed by atoms with Crippen LogP contribution >= 0.6 is 0 Å². The normalized spacial score (nSPS) is 15.9. The van der Waals surface area contributed by atoms with Gasteiger partial charge in [-0.25, -0.2) is 4.79 Å². The average Bonchev–Trinajstić information content (AvgIpc) is 2.98. The first-order valence-corrected chi connectivity index (χ1v) is 8.19.